The lowest BCUT2D eigenvalue weighted by molar-refractivity contribution is -0.154. The molecule has 0 aliphatic carbocycles. The average Bonchev–Trinajstić information content (AvgIpc) is 2.20. The zero-order valence-electron chi connectivity index (χ0n) is 10.9. The van der Waals surface area contributed by atoms with Crippen LogP contribution in [0.15, 0.2) is 0 Å². The first-order valence-corrected chi connectivity index (χ1v) is 6.89. The standard InChI is InChI=1S/C11H22N2O3S/c1-11(2,3)16-9(14)7-13-10(15)8(12)5-6-17-4/h8H,5-7,12H2,1-4H3,(H,13,15)/t8-/m0/s1. The monoisotopic (exact) mass is 262 g/mol. The number of rotatable bonds is 6. The Bertz CT molecular complexity index is 264. The summed E-state index contributed by atoms with van der Waals surface area (Å²) in [5, 5.41) is 2.47. The fourth-order valence-corrected chi connectivity index (χ4v) is 1.53. The lowest BCUT2D eigenvalue weighted by Crippen LogP contribution is -2.44. The van der Waals surface area contributed by atoms with Gasteiger partial charge in [0.25, 0.3) is 0 Å². The molecule has 0 bridgehead atoms. The lowest BCUT2D eigenvalue weighted by atomic mass is 10.2. The van der Waals surface area contributed by atoms with Gasteiger partial charge in [-0.1, -0.05) is 0 Å². The quantitative estimate of drug-likeness (QED) is 0.682. The predicted molar refractivity (Wildman–Crippen MR) is 69.8 cm³/mol. The van der Waals surface area contributed by atoms with Gasteiger partial charge in [0, 0.05) is 0 Å². The van der Waals surface area contributed by atoms with Crippen LogP contribution in [-0.4, -0.2) is 42.1 Å². The van der Waals surface area contributed by atoms with Crippen LogP contribution in [0.3, 0.4) is 0 Å². The first kappa shape index (κ1) is 16.2. The third kappa shape index (κ3) is 9.00. The van der Waals surface area contributed by atoms with E-state index in [0.29, 0.717) is 6.42 Å². The molecule has 0 saturated carbocycles. The number of carbonyl (C=O) groups excluding carboxylic acids is 2. The molecular weight excluding hydrogens is 240 g/mol. The molecule has 1 amide bonds. The Morgan fingerprint density at radius 3 is 2.47 bits per heavy atom. The van der Waals surface area contributed by atoms with Crippen LogP contribution >= 0.6 is 11.8 Å². The van der Waals surface area contributed by atoms with E-state index in [2.05, 4.69) is 5.32 Å². The van der Waals surface area contributed by atoms with Crippen molar-refractivity contribution in [2.45, 2.75) is 38.8 Å². The molecule has 0 fully saturated rings. The number of thioether (sulfide) groups is 1. The molecule has 0 aliphatic heterocycles. The minimum absolute atomic E-state index is 0.136. The van der Waals surface area contributed by atoms with Crippen LogP contribution in [0, 0.1) is 0 Å². The summed E-state index contributed by atoms with van der Waals surface area (Å²) in [7, 11) is 0. The molecule has 0 aromatic carbocycles. The van der Waals surface area contributed by atoms with Crippen LogP contribution in [0.2, 0.25) is 0 Å². The Morgan fingerprint density at radius 2 is 2.00 bits per heavy atom. The molecule has 100 valence electrons. The summed E-state index contributed by atoms with van der Waals surface area (Å²) in [5.74, 6) is 0.0499. The summed E-state index contributed by atoms with van der Waals surface area (Å²) >= 11 is 1.63. The molecule has 1 atom stereocenters. The van der Waals surface area contributed by atoms with E-state index in [-0.39, 0.29) is 12.5 Å². The summed E-state index contributed by atoms with van der Waals surface area (Å²) < 4.78 is 5.05. The molecule has 0 radical (unpaired) electrons. The highest BCUT2D eigenvalue weighted by Crippen LogP contribution is 2.06. The van der Waals surface area contributed by atoms with Gasteiger partial charge in [-0.25, -0.2) is 0 Å². The number of hydrogen-bond acceptors (Lipinski definition) is 5. The van der Waals surface area contributed by atoms with Crippen molar-refractivity contribution in [2.24, 2.45) is 5.73 Å². The Balaban J connectivity index is 3.87. The van der Waals surface area contributed by atoms with Crippen molar-refractivity contribution in [2.75, 3.05) is 18.6 Å². The molecular formula is C11H22N2O3S. The molecule has 0 aromatic heterocycles. The van der Waals surface area contributed by atoms with Crippen molar-refractivity contribution in [3.63, 3.8) is 0 Å². The number of ether oxygens (including phenoxy) is 1. The molecule has 5 nitrogen and oxygen atoms in total. The highest BCUT2D eigenvalue weighted by Gasteiger charge is 2.18. The summed E-state index contributed by atoms with van der Waals surface area (Å²) in [6.45, 7) is 5.19. The third-order valence-corrected chi connectivity index (χ3v) is 2.44. The van der Waals surface area contributed by atoms with Crippen molar-refractivity contribution in [3.05, 3.63) is 0 Å². The normalized spacial score (nSPS) is 13.0. The second-order valence-corrected chi connectivity index (χ2v) is 5.68. The zero-order chi connectivity index (χ0) is 13.5. The minimum Gasteiger partial charge on any atom is -0.459 e. The maximum Gasteiger partial charge on any atom is 0.325 e. The van der Waals surface area contributed by atoms with Crippen LogP contribution in [0.5, 0.6) is 0 Å². The van der Waals surface area contributed by atoms with Gasteiger partial charge in [0.1, 0.15) is 12.1 Å². The van der Waals surface area contributed by atoms with Gasteiger partial charge in [-0.05, 0) is 39.2 Å². The highest BCUT2D eigenvalue weighted by molar-refractivity contribution is 7.98. The summed E-state index contributed by atoms with van der Waals surface area (Å²) in [4.78, 5) is 22.8. The van der Waals surface area contributed by atoms with Crippen LogP contribution in [0.4, 0.5) is 0 Å². The van der Waals surface area contributed by atoms with E-state index in [1.54, 1.807) is 32.5 Å². The fourth-order valence-electron chi connectivity index (χ4n) is 1.04. The largest absolute Gasteiger partial charge is 0.459 e. The second-order valence-electron chi connectivity index (χ2n) is 4.69. The highest BCUT2D eigenvalue weighted by atomic mass is 32.2. The third-order valence-electron chi connectivity index (χ3n) is 1.80. The first-order chi connectivity index (χ1) is 7.76. The van der Waals surface area contributed by atoms with Crippen LogP contribution < -0.4 is 11.1 Å². The van der Waals surface area contributed by atoms with Crippen LogP contribution in [0.25, 0.3) is 0 Å². The molecule has 0 saturated heterocycles. The number of amides is 1. The smallest absolute Gasteiger partial charge is 0.325 e. The molecule has 0 aromatic rings. The summed E-state index contributed by atoms with van der Waals surface area (Å²) in [5.41, 5.74) is 5.10. The number of esters is 1. The summed E-state index contributed by atoms with van der Waals surface area (Å²) in [6.07, 6.45) is 2.55. The van der Waals surface area contributed by atoms with Gasteiger partial charge in [-0.2, -0.15) is 11.8 Å². The average molecular weight is 262 g/mol. The van der Waals surface area contributed by atoms with Gasteiger partial charge in [0.05, 0.1) is 6.04 Å². The maximum absolute atomic E-state index is 11.5. The number of hydrogen-bond donors (Lipinski definition) is 2. The van der Waals surface area contributed by atoms with E-state index in [9.17, 15) is 9.59 Å². The van der Waals surface area contributed by atoms with E-state index < -0.39 is 17.6 Å². The van der Waals surface area contributed by atoms with Gasteiger partial charge >= 0.3 is 5.97 Å². The molecule has 6 heteroatoms. The SMILES string of the molecule is CSCC[C@H](N)C(=O)NCC(=O)OC(C)(C)C. The van der Waals surface area contributed by atoms with Gasteiger partial charge in [0.2, 0.25) is 5.91 Å². The van der Waals surface area contributed by atoms with Gasteiger partial charge < -0.3 is 15.8 Å². The van der Waals surface area contributed by atoms with Crippen molar-refractivity contribution < 1.29 is 14.3 Å². The van der Waals surface area contributed by atoms with Gasteiger partial charge in [-0.3, -0.25) is 9.59 Å². The van der Waals surface area contributed by atoms with Gasteiger partial charge in [-0.15, -0.1) is 0 Å². The minimum atomic E-state index is -0.565. The maximum atomic E-state index is 11.5. The number of carbonyl (C=O) groups is 2. The van der Waals surface area contributed by atoms with E-state index in [1.807, 2.05) is 6.26 Å². The molecule has 0 rings (SSSR count). The van der Waals surface area contributed by atoms with Crippen molar-refractivity contribution in [1.29, 1.82) is 0 Å². The first-order valence-electron chi connectivity index (χ1n) is 5.50. The van der Waals surface area contributed by atoms with E-state index >= 15 is 0 Å². The van der Waals surface area contributed by atoms with E-state index in [0.717, 1.165) is 5.75 Å². The zero-order valence-corrected chi connectivity index (χ0v) is 11.7. The fraction of sp³-hybridized carbons (Fsp3) is 0.818. The van der Waals surface area contributed by atoms with Crippen molar-refractivity contribution >= 4 is 23.6 Å². The number of nitrogens with two attached hydrogens (primary N) is 1. The van der Waals surface area contributed by atoms with Crippen molar-refractivity contribution in [1.82, 2.24) is 5.32 Å². The molecule has 3 N–H and O–H groups in total. The molecule has 17 heavy (non-hydrogen) atoms. The Labute approximate surface area is 107 Å². The topological polar surface area (TPSA) is 81.4 Å². The molecule has 0 heterocycles. The molecule has 0 unspecified atom stereocenters. The Morgan fingerprint density at radius 1 is 1.41 bits per heavy atom. The van der Waals surface area contributed by atoms with Gasteiger partial charge in [0.15, 0.2) is 0 Å². The van der Waals surface area contributed by atoms with Crippen LogP contribution in [-0.2, 0) is 14.3 Å². The Kier molecular flexibility index (Phi) is 7.22. The summed E-state index contributed by atoms with van der Waals surface area (Å²) in [6, 6.07) is -0.565. The molecule has 0 aliphatic rings. The van der Waals surface area contributed by atoms with Crippen LogP contribution in [0.1, 0.15) is 27.2 Å². The van der Waals surface area contributed by atoms with E-state index in [4.69, 9.17) is 10.5 Å². The van der Waals surface area contributed by atoms with E-state index in [1.165, 1.54) is 0 Å². The van der Waals surface area contributed by atoms with Crippen molar-refractivity contribution in [3.8, 4) is 0 Å². The second kappa shape index (κ2) is 7.55. The molecule has 0 spiro atoms. The number of nitrogens with one attached hydrogen (secondary N) is 1. The lowest BCUT2D eigenvalue weighted by Gasteiger charge is -2.20. The Hall–Kier alpha value is -0.750. The predicted octanol–water partition coefficient (Wildman–Crippen LogP) is 0.525.